The fraction of sp³-hybridized carbons (Fsp3) is 0.143. The van der Waals surface area contributed by atoms with Gasteiger partial charge >= 0.3 is 0 Å². The van der Waals surface area contributed by atoms with E-state index >= 15 is 0 Å². The van der Waals surface area contributed by atoms with Crippen LogP contribution in [0.25, 0.3) is 6.08 Å². The Labute approximate surface area is 101 Å². The summed E-state index contributed by atoms with van der Waals surface area (Å²) in [6.07, 6.45) is 9.61. The zero-order chi connectivity index (χ0) is 12.0. The van der Waals surface area contributed by atoms with Gasteiger partial charge in [-0.2, -0.15) is 0 Å². The maximum Gasteiger partial charge on any atom is 0.0642 e. The molecule has 1 aromatic carbocycles. The van der Waals surface area contributed by atoms with E-state index in [1.165, 1.54) is 11.3 Å². The Morgan fingerprint density at radius 1 is 1.24 bits per heavy atom. The highest BCUT2D eigenvalue weighted by molar-refractivity contribution is 5.91. The number of rotatable bonds is 0. The van der Waals surface area contributed by atoms with Crippen LogP contribution < -0.4 is 16.4 Å². The van der Waals surface area contributed by atoms with Crippen molar-refractivity contribution < 1.29 is 0 Å². The Kier molecular flexibility index (Phi) is 2.01. The molecule has 0 unspecified atom stereocenters. The summed E-state index contributed by atoms with van der Waals surface area (Å²) in [5.74, 6) is 0. The number of hydrogen-bond acceptors (Lipinski definition) is 3. The average molecular weight is 225 g/mol. The lowest BCUT2D eigenvalue weighted by molar-refractivity contribution is 1.07. The standard InChI is InChI=1S/C14H15N3/c1-17-12-5-3-2-4-9(12)8-10-13(17)7-6-11(15)14(10)16/h2,4-8H,3,15-16H2,1H3. The summed E-state index contributed by atoms with van der Waals surface area (Å²) in [7, 11) is 2.06. The number of nitrogens with two attached hydrogens (primary N) is 2. The molecule has 0 atom stereocenters. The first-order valence-electron chi connectivity index (χ1n) is 5.69. The van der Waals surface area contributed by atoms with Crippen molar-refractivity contribution in [3.8, 4) is 0 Å². The number of allylic oxidation sites excluding steroid dienone is 3. The second-order valence-corrected chi connectivity index (χ2v) is 4.39. The Bertz CT molecular complexity index is 579. The lowest BCUT2D eigenvalue weighted by atomic mass is 9.94. The molecule has 0 bridgehead atoms. The van der Waals surface area contributed by atoms with E-state index in [1.54, 1.807) is 0 Å². The Morgan fingerprint density at radius 3 is 2.88 bits per heavy atom. The van der Waals surface area contributed by atoms with Crippen LogP contribution >= 0.6 is 0 Å². The van der Waals surface area contributed by atoms with Crippen LogP contribution in [0.2, 0.25) is 0 Å². The number of fused-ring (bicyclic) bond motifs is 2. The molecule has 0 amide bonds. The largest absolute Gasteiger partial charge is 0.397 e. The van der Waals surface area contributed by atoms with Crippen molar-refractivity contribution in [3.05, 3.63) is 47.2 Å². The normalized spacial score (nSPS) is 17.1. The monoisotopic (exact) mass is 225 g/mol. The van der Waals surface area contributed by atoms with Gasteiger partial charge in [-0.25, -0.2) is 0 Å². The molecule has 0 radical (unpaired) electrons. The van der Waals surface area contributed by atoms with Crippen molar-refractivity contribution in [2.45, 2.75) is 6.42 Å². The van der Waals surface area contributed by atoms with Crippen molar-refractivity contribution in [1.29, 1.82) is 0 Å². The molecule has 0 aromatic heterocycles. The summed E-state index contributed by atoms with van der Waals surface area (Å²) in [6.45, 7) is 0. The summed E-state index contributed by atoms with van der Waals surface area (Å²) in [6, 6.07) is 3.89. The zero-order valence-electron chi connectivity index (χ0n) is 9.77. The molecule has 3 nitrogen and oxygen atoms in total. The van der Waals surface area contributed by atoms with Gasteiger partial charge in [0.2, 0.25) is 0 Å². The number of hydrogen-bond donors (Lipinski definition) is 2. The molecular weight excluding hydrogens is 210 g/mol. The zero-order valence-corrected chi connectivity index (χ0v) is 9.77. The van der Waals surface area contributed by atoms with Gasteiger partial charge in [-0.1, -0.05) is 18.2 Å². The van der Waals surface area contributed by atoms with E-state index in [9.17, 15) is 0 Å². The molecular formula is C14H15N3. The minimum absolute atomic E-state index is 0.640. The molecule has 0 spiro atoms. The maximum atomic E-state index is 6.05. The molecule has 17 heavy (non-hydrogen) atoms. The Hall–Kier alpha value is -2.16. The third-order valence-corrected chi connectivity index (χ3v) is 3.36. The third kappa shape index (κ3) is 1.35. The molecule has 1 aliphatic heterocycles. The smallest absolute Gasteiger partial charge is 0.0642 e. The van der Waals surface area contributed by atoms with E-state index in [-0.39, 0.29) is 0 Å². The van der Waals surface area contributed by atoms with E-state index < -0.39 is 0 Å². The second-order valence-electron chi connectivity index (χ2n) is 4.39. The van der Waals surface area contributed by atoms with Crippen LogP contribution in [-0.2, 0) is 0 Å². The molecule has 0 saturated heterocycles. The van der Waals surface area contributed by atoms with E-state index in [0.29, 0.717) is 11.4 Å². The molecule has 1 heterocycles. The predicted molar refractivity (Wildman–Crippen MR) is 73.5 cm³/mol. The van der Waals surface area contributed by atoms with Gasteiger partial charge in [0, 0.05) is 18.3 Å². The second kappa shape index (κ2) is 3.42. The average Bonchev–Trinajstić information content (AvgIpc) is 2.35. The Balaban J connectivity index is 2.27. The van der Waals surface area contributed by atoms with Gasteiger partial charge in [0.1, 0.15) is 0 Å². The van der Waals surface area contributed by atoms with E-state index in [4.69, 9.17) is 11.5 Å². The minimum atomic E-state index is 0.640. The van der Waals surface area contributed by atoms with Gasteiger partial charge in [0.25, 0.3) is 0 Å². The molecule has 2 aliphatic rings. The molecule has 0 saturated carbocycles. The summed E-state index contributed by atoms with van der Waals surface area (Å²) in [5.41, 5.74) is 17.8. The highest BCUT2D eigenvalue weighted by atomic mass is 15.1. The van der Waals surface area contributed by atoms with Gasteiger partial charge < -0.3 is 16.4 Å². The highest BCUT2D eigenvalue weighted by Crippen LogP contribution is 2.40. The van der Waals surface area contributed by atoms with Crippen LogP contribution in [0.1, 0.15) is 12.0 Å². The summed E-state index contributed by atoms with van der Waals surface area (Å²) < 4.78 is 0. The first-order chi connectivity index (χ1) is 8.18. The predicted octanol–water partition coefficient (Wildman–Crippen LogP) is 2.53. The van der Waals surface area contributed by atoms with Crippen LogP contribution in [0.4, 0.5) is 17.1 Å². The van der Waals surface area contributed by atoms with Crippen LogP contribution in [0, 0.1) is 0 Å². The van der Waals surface area contributed by atoms with Gasteiger partial charge in [-0.05, 0) is 30.2 Å². The van der Waals surface area contributed by atoms with Crippen LogP contribution in [0.15, 0.2) is 41.6 Å². The molecule has 0 fully saturated rings. The van der Waals surface area contributed by atoms with Gasteiger partial charge in [0.05, 0.1) is 17.1 Å². The number of anilines is 3. The van der Waals surface area contributed by atoms with Crippen LogP contribution in [0.5, 0.6) is 0 Å². The van der Waals surface area contributed by atoms with E-state index in [0.717, 1.165) is 17.7 Å². The summed E-state index contributed by atoms with van der Waals surface area (Å²) in [5, 5.41) is 0. The van der Waals surface area contributed by atoms with Crippen molar-refractivity contribution in [2.75, 3.05) is 23.4 Å². The highest BCUT2D eigenvalue weighted by Gasteiger charge is 2.22. The first kappa shape index (κ1) is 10.0. The molecule has 1 aliphatic carbocycles. The first-order valence-corrected chi connectivity index (χ1v) is 5.69. The van der Waals surface area contributed by atoms with Crippen LogP contribution in [0.3, 0.4) is 0 Å². The van der Waals surface area contributed by atoms with Crippen molar-refractivity contribution >= 4 is 23.1 Å². The van der Waals surface area contributed by atoms with E-state index in [1.807, 2.05) is 12.1 Å². The third-order valence-electron chi connectivity index (χ3n) is 3.36. The Morgan fingerprint density at radius 2 is 2.06 bits per heavy atom. The quantitative estimate of drug-likeness (QED) is 0.667. The molecule has 4 N–H and O–H groups in total. The fourth-order valence-electron chi connectivity index (χ4n) is 2.40. The van der Waals surface area contributed by atoms with Crippen molar-refractivity contribution in [3.63, 3.8) is 0 Å². The fourth-order valence-corrected chi connectivity index (χ4v) is 2.40. The van der Waals surface area contributed by atoms with Crippen molar-refractivity contribution in [1.82, 2.24) is 0 Å². The summed E-state index contributed by atoms with van der Waals surface area (Å²) >= 11 is 0. The van der Waals surface area contributed by atoms with E-state index in [2.05, 4.69) is 36.3 Å². The summed E-state index contributed by atoms with van der Waals surface area (Å²) in [4.78, 5) is 2.17. The molecule has 3 heteroatoms. The molecule has 1 aromatic rings. The number of nitrogens with zero attached hydrogens (tertiary/aromatic N) is 1. The number of likely N-dealkylation sites (N-methyl/N-ethyl adjacent to an activating group) is 1. The van der Waals surface area contributed by atoms with Crippen LogP contribution in [-0.4, -0.2) is 7.05 Å². The van der Waals surface area contributed by atoms with Crippen molar-refractivity contribution in [2.24, 2.45) is 0 Å². The SMILES string of the molecule is CN1C2=CCC=CC2=Cc2c1ccc(N)c2N. The van der Waals surface area contributed by atoms with Gasteiger partial charge in [0.15, 0.2) is 0 Å². The number of benzene rings is 1. The topological polar surface area (TPSA) is 55.3 Å². The molecule has 86 valence electrons. The molecule has 3 rings (SSSR count). The maximum absolute atomic E-state index is 6.05. The lowest BCUT2D eigenvalue weighted by Gasteiger charge is -2.32. The van der Waals surface area contributed by atoms with Gasteiger partial charge in [-0.3, -0.25) is 0 Å². The minimum Gasteiger partial charge on any atom is -0.397 e. The lowest BCUT2D eigenvalue weighted by Crippen LogP contribution is -2.23. The van der Waals surface area contributed by atoms with Gasteiger partial charge in [-0.15, -0.1) is 0 Å². The number of nitrogen functional groups attached to an aromatic ring is 2.